The van der Waals surface area contributed by atoms with E-state index in [-0.39, 0.29) is 24.2 Å². The first kappa shape index (κ1) is 19.9. The first-order valence-corrected chi connectivity index (χ1v) is 8.11. The van der Waals surface area contributed by atoms with Crippen molar-refractivity contribution >= 4 is 35.8 Å². The Hall–Kier alpha value is -1.10. The van der Waals surface area contributed by atoms with Gasteiger partial charge in [-0.3, -0.25) is 9.59 Å². The minimum atomic E-state index is -0.702. The van der Waals surface area contributed by atoms with E-state index in [2.05, 4.69) is 5.32 Å². The number of ketones is 1. The Morgan fingerprint density at radius 1 is 1.35 bits per heavy atom. The molecule has 0 aliphatic heterocycles. The quantitative estimate of drug-likeness (QED) is 0.622. The molecule has 1 atom stereocenters. The van der Waals surface area contributed by atoms with Crippen LogP contribution in [0.15, 0.2) is 24.3 Å². The summed E-state index contributed by atoms with van der Waals surface area (Å²) in [6, 6.07) is 7.52. The molecular formula is C17H23Cl2NO3. The third-order valence-corrected chi connectivity index (χ3v) is 4.40. The first-order chi connectivity index (χ1) is 10.6. The smallest absolute Gasteiger partial charge is 0.302 e. The van der Waals surface area contributed by atoms with E-state index in [1.807, 2.05) is 24.3 Å². The number of benzene rings is 1. The highest BCUT2D eigenvalue weighted by Crippen LogP contribution is 2.37. The van der Waals surface area contributed by atoms with Crippen molar-refractivity contribution in [2.24, 2.45) is 0 Å². The summed E-state index contributed by atoms with van der Waals surface area (Å²) >= 11 is 6.33. The Morgan fingerprint density at radius 3 is 2.74 bits per heavy atom. The molecule has 6 heteroatoms. The Balaban J connectivity index is 0.00000264. The molecule has 1 unspecified atom stereocenters. The normalized spacial score (nSPS) is 20.7. The summed E-state index contributed by atoms with van der Waals surface area (Å²) < 4.78 is 4.93. The van der Waals surface area contributed by atoms with E-state index < -0.39 is 5.54 Å². The second kappa shape index (κ2) is 9.26. The van der Waals surface area contributed by atoms with Crippen LogP contribution in [-0.4, -0.2) is 24.9 Å². The summed E-state index contributed by atoms with van der Waals surface area (Å²) in [6.07, 6.45) is 3.92. The van der Waals surface area contributed by atoms with Gasteiger partial charge in [0, 0.05) is 18.4 Å². The van der Waals surface area contributed by atoms with E-state index in [0.29, 0.717) is 31.0 Å². The van der Waals surface area contributed by atoms with Gasteiger partial charge < -0.3 is 10.1 Å². The van der Waals surface area contributed by atoms with Crippen LogP contribution < -0.4 is 5.32 Å². The molecule has 1 fully saturated rings. The van der Waals surface area contributed by atoms with Crippen molar-refractivity contribution in [1.82, 2.24) is 5.32 Å². The lowest BCUT2D eigenvalue weighted by Gasteiger charge is -2.38. The van der Waals surface area contributed by atoms with Crippen LogP contribution in [0.4, 0.5) is 0 Å². The zero-order chi connectivity index (χ0) is 16.0. The minimum absolute atomic E-state index is 0. The van der Waals surface area contributed by atoms with Crippen LogP contribution in [0.5, 0.6) is 0 Å². The molecule has 1 N–H and O–H groups in total. The number of carbonyl (C=O) groups is 2. The van der Waals surface area contributed by atoms with Crippen LogP contribution in [0.2, 0.25) is 5.02 Å². The van der Waals surface area contributed by atoms with E-state index in [0.717, 1.165) is 24.8 Å². The molecule has 1 saturated carbocycles. The average molecular weight is 360 g/mol. The number of Topliss-reactive ketones (excluding diaryl/α,β-unsaturated/α-hetero) is 1. The van der Waals surface area contributed by atoms with Crippen molar-refractivity contribution in [2.75, 3.05) is 13.2 Å². The zero-order valence-corrected chi connectivity index (χ0v) is 14.8. The molecule has 1 aliphatic rings. The van der Waals surface area contributed by atoms with Crippen LogP contribution in [0.1, 0.15) is 44.6 Å². The van der Waals surface area contributed by atoms with Gasteiger partial charge in [-0.2, -0.15) is 0 Å². The van der Waals surface area contributed by atoms with E-state index in [1.54, 1.807) is 0 Å². The summed E-state index contributed by atoms with van der Waals surface area (Å²) in [4.78, 5) is 23.4. The van der Waals surface area contributed by atoms with E-state index >= 15 is 0 Å². The summed E-state index contributed by atoms with van der Waals surface area (Å²) in [5.41, 5.74) is 0.154. The summed E-state index contributed by atoms with van der Waals surface area (Å²) in [5, 5.41) is 4.01. The second-order valence-electron chi connectivity index (χ2n) is 5.64. The van der Waals surface area contributed by atoms with Gasteiger partial charge in [0.15, 0.2) is 5.78 Å². The minimum Gasteiger partial charge on any atom is -0.466 e. The number of halogens is 2. The van der Waals surface area contributed by atoms with Crippen molar-refractivity contribution in [2.45, 2.75) is 44.6 Å². The Kier molecular flexibility index (Phi) is 8.03. The molecule has 0 aromatic heterocycles. The number of hydrogen-bond acceptors (Lipinski definition) is 4. The molecule has 0 radical (unpaired) electrons. The Morgan fingerprint density at radius 2 is 2.09 bits per heavy atom. The van der Waals surface area contributed by atoms with E-state index in [9.17, 15) is 9.59 Å². The lowest BCUT2D eigenvalue weighted by atomic mass is 9.75. The topological polar surface area (TPSA) is 55.4 Å². The van der Waals surface area contributed by atoms with E-state index in [1.165, 1.54) is 6.92 Å². The highest BCUT2D eigenvalue weighted by Gasteiger charge is 2.41. The van der Waals surface area contributed by atoms with Crippen molar-refractivity contribution in [3.05, 3.63) is 34.9 Å². The van der Waals surface area contributed by atoms with Crippen molar-refractivity contribution in [3.8, 4) is 0 Å². The third kappa shape index (κ3) is 4.93. The number of hydrogen-bond donors (Lipinski definition) is 1. The number of rotatable bonds is 6. The van der Waals surface area contributed by atoms with Gasteiger partial charge in [0.1, 0.15) is 5.54 Å². The number of esters is 1. The highest BCUT2D eigenvalue weighted by atomic mass is 35.5. The highest BCUT2D eigenvalue weighted by molar-refractivity contribution is 6.31. The number of carbonyl (C=O) groups excluding carboxylic acids is 2. The maximum absolute atomic E-state index is 12.6. The van der Waals surface area contributed by atoms with E-state index in [4.69, 9.17) is 16.3 Å². The molecule has 2 rings (SSSR count). The second-order valence-corrected chi connectivity index (χ2v) is 6.04. The van der Waals surface area contributed by atoms with Crippen LogP contribution in [0, 0.1) is 0 Å². The Labute approximate surface area is 148 Å². The fourth-order valence-electron chi connectivity index (χ4n) is 2.99. The fourth-order valence-corrected chi connectivity index (χ4v) is 3.29. The van der Waals surface area contributed by atoms with Crippen molar-refractivity contribution in [1.29, 1.82) is 0 Å². The van der Waals surface area contributed by atoms with Gasteiger partial charge in [0.05, 0.1) is 6.61 Å². The summed E-state index contributed by atoms with van der Waals surface area (Å²) in [7, 11) is 0. The molecule has 0 spiro atoms. The molecule has 128 valence electrons. The SMILES string of the molecule is CC(=O)OCCCNC1(c2ccccc2Cl)CCCCC1=O.Cl. The molecule has 0 amide bonds. The molecular weight excluding hydrogens is 337 g/mol. The van der Waals surface area contributed by atoms with Crippen LogP contribution in [0.25, 0.3) is 0 Å². The molecule has 1 aromatic carbocycles. The van der Waals surface area contributed by atoms with Crippen LogP contribution in [-0.2, 0) is 19.9 Å². The van der Waals surface area contributed by atoms with Crippen molar-refractivity contribution in [3.63, 3.8) is 0 Å². The molecule has 1 aromatic rings. The summed E-state index contributed by atoms with van der Waals surface area (Å²) in [6.45, 7) is 2.35. The zero-order valence-electron chi connectivity index (χ0n) is 13.3. The lowest BCUT2D eigenvalue weighted by molar-refractivity contribution is -0.141. The molecule has 0 heterocycles. The predicted molar refractivity (Wildman–Crippen MR) is 93.1 cm³/mol. The lowest BCUT2D eigenvalue weighted by Crippen LogP contribution is -2.51. The number of ether oxygens (including phenoxy) is 1. The van der Waals surface area contributed by atoms with Gasteiger partial charge in [-0.15, -0.1) is 12.4 Å². The van der Waals surface area contributed by atoms with Gasteiger partial charge >= 0.3 is 5.97 Å². The average Bonchev–Trinajstić information content (AvgIpc) is 2.49. The van der Waals surface area contributed by atoms with Gasteiger partial charge in [-0.25, -0.2) is 0 Å². The Bertz CT molecular complexity index is 550. The summed E-state index contributed by atoms with van der Waals surface area (Å²) in [5.74, 6) is -0.0890. The van der Waals surface area contributed by atoms with Gasteiger partial charge in [-0.1, -0.05) is 36.2 Å². The van der Waals surface area contributed by atoms with Gasteiger partial charge in [-0.05, 0) is 37.4 Å². The molecule has 1 aliphatic carbocycles. The first-order valence-electron chi connectivity index (χ1n) is 7.73. The maximum atomic E-state index is 12.6. The number of nitrogens with one attached hydrogen (secondary N) is 1. The van der Waals surface area contributed by atoms with Crippen LogP contribution >= 0.6 is 24.0 Å². The molecule has 4 nitrogen and oxygen atoms in total. The molecule has 0 saturated heterocycles. The fraction of sp³-hybridized carbons (Fsp3) is 0.529. The monoisotopic (exact) mass is 359 g/mol. The van der Waals surface area contributed by atoms with Gasteiger partial charge in [0.25, 0.3) is 0 Å². The van der Waals surface area contributed by atoms with Crippen LogP contribution in [0.3, 0.4) is 0 Å². The maximum Gasteiger partial charge on any atom is 0.302 e. The predicted octanol–water partition coefficient (Wildman–Crippen LogP) is 3.64. The standard InChI is InChI=1S/C17H22ClNO3.ClH/c1-13(20)22-12-6-11-19-17(10-5-4-9-16(17)21)14-7-2-3-8-15(14)18;/h2-3,7-8,19H,4-6,9-12H2,1H3;1H. The van der Waals surface area contributed by atoms with Crippen molar-refractivity contribution < 1.29 is 14.3 Å². The largest absolute Gasteiger partial charge is 0.466 e. The third-order valence-electron chi connectivity index (χ3n) is 4.07. The molecule has 0 bridgehead atoms. The van der Waals surface area contributed by atoms with Gasteiger partial charge in [0.2, 0.25) is 0 Å². The molecule has 23 heavy (non-hydrogen) atoms.